The van der Waals surface area contributed by atoms with E-state index in [2.05, 4.69) is 33.2 Å². The van der Waals surface area contributed by atoms with E-state index >= 15 is 0 Å². The number of nitrogens with one attached hydrogen (secondary N) is 1. The first-order valence-electron chi connectivity index (χ1n) is 8.35. The van der Waals surface area contributed by atoms with Gasteiger partial charge in [0.05, 0.1) is 0 Å². The van der Waals surface area contributed by atoms with E-state index < -0.39 is 5.60 Å². The van der Waals surface area contributed by atoms with Gasteiger partial charge in [-0.05, 0) is 32.4 Å². The molecule has 1 aromatic heterocycles. The molecule has 23 heavy (non-hydrogen) atoms. The van der Waals surface area contributed by atoms with Crippen LogP contribution in [0.1, 0.15) is 26.3 Å². The van der Waals surface area contributed by atoms with Gasteiger partial charge in [-0.2, -0.15) is 0 Å². The Labute approximate surface area is 139 Å². The molecule has 0 radical (unpaired) electrons. The molecule has 1 aliphatic rings. The van der Waals surface area contributed by atoms with E-state index in [0.717, 1.165) is 45.8 Å². The van der Waals surface area contributed by atoms with Crippen molar-refractivity contribution in [3.8, 4) is 0 Å². The molecule has 1 amide bonds. The number of hydrogen-bond acceptors (Lipinski definition) is 4. The first-order chi connectivity index (χ1) is 10.8. The van der Waals surface area contributed by atoms with Crippen molar-refractivity contribution in [2.75, 3.05) is 39.3 Å². The van der Waals surface area contributed by atoms with Gasteiger partial charge in [0.25, 0.3) is 0 Å². The maximum Gasteiger partial charge on any atom is 0.410 e. The first-order valence-corrected chi connectivity index (χ1v) is 8.35. The Morgan fingerprint density at radius 2 is 1.96 bits per heavy atom. The Kier molecular flexibility index (Phi) is 6.07. The van der Waals surface area contributed by atoms with Crippen LogP contribution in [0.3, 0.4) is 0 Å². The maximum absolute atomic E-state index is 12.0. The van der Waals surface area contributed by atoms with E-state index in [0.29, 0.717) is 0 Å². The molecule has 0 saturated carbocycles. The highest BCUT2D eigenvalue weighted by atomic mass is 16.6. The number of carbonyl (C=O) groups is 1. The lowest BCUT2D eigenvalue weighted by Gasteiger charge is -2.35. The Hall–Kier alpha value is -1.53. The van der Waals surface area contributed by atoms with Gasteiger partial charge in [0, 0.05) is 65.3 Å². The van der Waals surface area contributed by atoms with Gasteiger partial charge in [0.15, 0.2) is 0 Å². The number of nitrogens with zero attached hydrogens (tertiary/aromatic N) is 3. The number of rotatable bonds is 5. The largest absolute Gasteiger partial charge is 0.444 e. The van der Waals surface area contributed by atoms with Gasteiger partial charge in [0.2, 0.25) is 0 Å². The predicted octanol–water partition coefficient (Wildman–Crippen LogP) is 1.67. The van der Waals surface area contributed by atoms with E-state index in [9.17, 15) is 4.79 Å². The van der Waals surface area contributed by atoms with Gasteiger partial charge in [-0.25, -0.2) is 4.79 Å². The lowest BCUT2D eigenvalue weighted by atomic mass is 10.2. The van der Waals surface area contributed by atoms with Crippen LogP contribution < -0.4 is 5.32 Å². The summed E-state index contributed by atoms with van der Waals surface area (Å²) in [4.78, 5) is 16.2. The molecule has 1 aliphatic heterocycles. The van der Waals surface area contributed by atoms with Crippen molar-refractivity contribution in [1.29, 1.82) is 0 Å². The summed E-state index contributed by atoms with van der Waals surface area (Å²) < 4.78 is 7.48. The van der Waals surface area contributed by atoms with Crippen molar-refractivity contribution in [3.63, 3.8) is 0 Å². The molecule has 0 bridgehead atoms. The van der Waals surface area contributed by atoms with E-state index in [4.69, 9.17) is 4.74 Å². The third-order valence-electron chi connectivity index (χ3n) is 3.85. The fourth-order valence-electron chi connectivity index (χ4n) is 2.62. The summed E-state index contributed by atoms with van der Waals surface area (Å²) >= 11 is 0. The quantitative estimate of drug-likeness (QED) is 0.838. The zero-order valence-corrected chi connectivity index (χ0v) is 14.8. The predicted molar refractivity (Wildman–Crippen MR) is 91.4 cm³/mol. The lowest BCUT2D eigenvalue weighted by molar-refractivity contribution is 0.0146. The molecule has 0 atom stereocenters. The maximum atomic E-state index is 12.0. The van der Waals surface area contributed by atoms with Crippen LogP contribution >= 0.6 is 0 Å². The standard InChI is InChI=1S/C17H30N4O2/c1-17(2,3)23-16(22)21-11-9-20(10-12-21)8-6-18-13-15-5-7-19(4)14-15/h5,7,14,18H,6,8-13H2,1-4H3. The van der Waals surface area contributed by atoms with Crippen LogP contribution in [0, 0.1) is 0 Å². The molecule has 0 spiro atoms. The molecule has 1 saturated heterocycles. The second-order valence-electron chi connectivity index (χ2n) is 7.17. The second-order valence-corrected chi connectivity index (χ2v) is 7.17. The van der Waals surface area contributed by atoms with E-state index in [1.165, 1.54) is 5.56 Å². The number of hydrogen-bond donors (Lipinski definition) is 1. The van der Waals surface area contributed by atoms with Crippen LogP contribution in [-0.2, 0) is 18.3 Å². The third kappa shape index (κ3) is 6.23. The van der Waals surface area contributed by atoms with Crippen molar-refractivity contribution in [2.24, 2.45) is 7.05 Å². The average molecular weight is 322 g/mol. The minimum absolute atomic E-state index is 0.195. The molecule has 0 unspecified atom stereocenters. The number of aromatic nitrogens is 1. The van der Waals surface area contributed by atoms with Crippen molar-refractivity contribution >= 4 is 6.09 Å². The SMILES string of the molecule is Cn1ccc(CNCCN2CCN(C(=O)OC(C)(C)C)CC2)c1. The Bertz CT molecular complexity index is 499. The Morgan fingerprint density at radius 3 is 2.52 bits per heavy atom. The molecule has 2 heterocycles. The summed E-state index contributed by atoms with van der Waals surface area (Å²) in [5.74, 6) is 0. The minimum atomic E-state index is -0.421. The molecule has 130 valence electrons. The van der Waals surface area contributed by atoms with Crippen LogP contribution in [0.25, 0.3) is 0 Å². The monoisotopic (exact) mass is 322 g/mol. The summed E-state index contributed by atoms with van der Waals surface area (Å²) in [6, 6.07) is 2.13. The Balaban J connectivity index is 1.60. The van der Waals surface area contributed by atoms with Crippen LogP contribution in [0.2, 0.25) is 0 Å². The van der Waals surface area contributed by atoms with Gasteiger partial charge >= 0.3 is 6.09 Å². The Morgan fingerprint density at radius 1 is 1.26 bits per heavy atom. The van der Waals surface area contributed by atoms with Crippen LogP contribution in [0.4, 0.5) is 4.79 Å². The van der Waals surface area contributed by atoms with Crippen molar-refractivity contribution in [2.45, 2.75) is 32.9 Å². The highest BCUT2D eigenvalue weighted by Gasteiger charge is 2.25. The molecule has 0 aliphatic carbocycles. The fraction of sp³-hybridized carbons (Fsp3) is 0.706. The highest BCUT2D eigenvalue weighted by Crippen LogP contribution is 2.11. The number of carbonyl (C=O) groups excluding carboxylic acids is 1. The van der Waals surface area contributed by atoms with Gasteiger partial charge in [-0.3, -0.25) is 4.90 Å². The fourth-order valence-corrected chi connectivity index (χ4v) is 2.62. The van der Waals surface area contributed by atoms with E-state index in [1.54, 1.807) is 4.90 Å². The number of amides is 1. The topological polar surface area (TPSA) is 49.7 Å². The molecule has 1 fully saturated rings. The summed E-state index contributed by atoms with van der Waals surface area (Å²) in [6.07, 6.45) is 4.00. The zero-order valence-electron chi connectivity index (χ0n) is 14.8. The molecule has 6 heteroatoms. The lowest BCUT2D eigenvalue weighted by Crippen LogP contribution is -2.51. The molecular formula is C17H30N4O2. The van der Waals surface area contributed by atoms with Gasteiger partial charge < -0.3 is 19.5 Å². The van der Waals surface area contributed by atoms with Crippen molar-refractivity contribution in [3.05, 3.63) is 24.0 Å². The minimum Gasteiger partial charge on any atom is -0.444 e. The van der Waals surface area contributed by atoms with Crippen LogP contribution in [-0.4, -0.2) is 65.3 Å². The van der Waals surface area contributed by atoms with Gasteiger partial charge in [-0.1, -0.05) is 0 Å². The highest BCUT2D eigenvalue weighted by molar-refractivity contribution is 5.68. The van der Waals surface area contributed by atoms with Crippen LogP contribution in [0.5, 0.6) is 0 Å². The molecule has 6 nitrogen and oxygen atoms in total. The van der Waals surface area contributed by atoms with Crippen LogP contribution in [0.15, 0.2) is 18.5 Å². The summed E-state index contributed by atoms with van der Waals surface area (Å²) in [5.41, 5.74) is 0.887. The zero-order chi connectivity index (χ0) is 16.9. The summed E-state index contributed by atoms with van der Waals surface area (Å²) in [6.45, 7) is 11.9. The third-order valence-corrected chi connectivity index (χ3v) is 3.85. The van der Waals surface area contributed by atoms with Gasteiger partial charge in [0.1, 0.15) is 5.60 Å². The first kappa shape index (κ1) is 17.8. The van der Waals surface area contributed by atoms with Crippen molar-refractivity contribution < 1.29 is 9.53 Å². The average Bonchev–Trinajstić information content (AvgIpc) is 2.88. The van der Waals surface area contributed by atoms with E-state index in [-0.39, 0.29) is 6.09 Å². The summed E-state index contributed by atoms with van der Waals surface area (Å²) in [5, 5.41) is 3.47. The molecule has 1 aromatic rings. The molecule has 0 aromatic carbocycles. The number of piperazine rings is 1. The second kappa shape index (κ2) is 7.84. The van der Waals surface area contributed by atoms with Gasteiger partial charge in [-0.15, -0.1) is 0 Å². The number of aryl methyl sites for hydroxylation is 1. The van der Waals surface area contributed by atoms with E-state index in [1.807, 2.05) is 27.8 Å². The molecule has 1 N–H and O–H groups in total. The molecule has 2 rings (SSSR count). The molecular weight excluding hydrogens is 292 g/mol. The summed E-state index contributed by atoms with van der Waals surface area (Å²) in [7, 11) is 2.04. The van der Waals surface area contributed by atoms with Crippen molar-refractivity contribution in [1.82, 2.24) is 19.7 Å². The number of ether oxygens (including phenoxy) is 1. The normalized spacial score (nSPS) is 16.6. The smallest absolute Gasteiger partial charge is 0.410 e.